The number of alkyl halides is 2. The number of carboxylic acid groups (broad SMARTS) is 1. The average molecular weight is 299 g/mol. The molecule has 2 fully saturated rings. The number of rotatable bonds is 4. The van der Waals surface area contributed by atoms with E-state index in [-0.39, 0.29) is 37.5 Å². The number of amides is 1. The highest BCUT2D eigenvalue weighted by Crippen LogP contribution is 2.65. The van der Waals surface area contributed by atoms with Crippen LogP contribution >= 0.6 is 0 Å². The molecule has 0 bridgehead atoms. The zero-order valence-corrected chi connectivity index (χ0v) is 11.7. The second kappa shape index (κ2) is 4.52. The number of carboxylic acids is 1. The minimum absolute atomic E-state index is 0.125. The molecule has 0 aliphatic heterocycles. The first-order valence-corrected chi connectivity index (χ1v) is 7.32. The third-order valence-corrected chi connectivity index (χ3v) is 4.99. The van der Waals surface area contributed by atoms with Crippen molar-refractivity contribution in [1.82, 2.24) is 5.32 Å². The summed E-state index contributed by atoms with van der Waals surface area (Å²) in [6, 6.07) is 0. The van der Waals surface area contributed by atoms with Crippen LogP contribution in [0.15, 0.2) is 12.2 Å². The van der Waals surface area contributed by atoms with E-state index in [9.17, 15) is 23.5 Å². The van der Waals surface area contributed by atoms with Gasteiger partial charge in [-0.05, 0) is 37.0 Å². The van der Waals surface area contributed by atoms with Crippen molar-refractivity contribution in [1.29, 1.82) is 0 Å². The minimum Gasteiger partial charge on any atom is -0.480 e. The molecule has 2 saturated carbocycles. The quantitative estimate of drug-likeness (QED) is 0.784. The lowest BCUT2D eigenvalue weighted by Crippen LogP contribution is -2.71. The van der Waals surface area contributed by atoms with Crippen molar-refractivity contribution in [3.8, 4) is 0 Å². The zero-order chi connectivity index (χ0) is 15.3. The highest BCUT2D eigenvalue weighted by atomic mass is 19.3. The van der Waals surface area contributed by atoms with E-state index in [0.717, 1.165) is 12.8 Å². The van der Waals surface area contributed by atoms with Gasteiger partial charge in [-0.2, -0.15) is 0 Å². The Morgan fingerprint density at radius 3 is 2.19 bits per heavy atom. The lowest BCUT2D eigenvalue weighted by molar-refractivity contribution is -0.222. The number of aliphatic carboxylic acids is 1. The maximum Gasteiger partial charge on any atom is 0.329 e. The van der Waals surface area contributed by atoms with Gasteiger partial charge in [0.05, 0.1) is 0 Å². The molecule has 3 aliphatic rings. The van der Waals surface area contributed by atoms with E-state index in [1.54, 1.807) is 0 Å². The van der Waals surface area contributed by atoms with E-state index in [1.807, 2.05) is 12.2 Å². The van der Waals surface area contributed by atoms with Crippen LogP contribution in [0.2, 0.25) is 0 Å². The Morgan fingerprint density at radius 1 is 1.14 bits per heavy atom. The summed E-state index contributed by atoms with van der Waals surface area (Å²) in [5, 5.41) is 12.0. The van der Waals surface area contributed by atoms with Crippen LogP contribution in [0.5, 0.6) is 0 Å². The van der Waals surface area contributed by atoms with Gasteiger partial charge in [0.15, 0.2) is 0 Å². The Labute approximate surface area is 121 Å². The van der Waals surface area contributed by atoms with E-state index in [0.29, 0.717) is 6.42 Å². The fourth-order valence-electron chi connectivity index (χ4n) is 4.24. The second-order valence-electron chi connectivity index (χ2n) is 7.01. The fourth-order valence-corrected chi connectivity index (χ4v) is 4.24. The minimum atomic E-state index is -2.66. The molecule has 0 saturated heterocycles. The molecule has 3 rings (SSSR count). The fraction of sp³-hybridized carbons (Fsp3) is 0.733. The number of halogens is 2. The van der Waals surface area contributed by atoms with Gasteiger partial charge >= 0.3 is 5.97 Å². The number of allylic oxidation sites excluding steroid dienone is 2. The number of carbonyl (C=O) groups excluding carboxylic acids is 1. The highest BCUT2D eigenvalue weighted by molar-refractivity contribution is 5.88. The van der Waals surface area contributed by atoms with E-state index in [4.69, 9.17) is 0 Å². The zero-order valence-electron chi connectivity index (χ0n) is 11.7. The van der Waals surface area contributed by atoms with Crippen LogP contribution in [0.4, 0.5) is 8.78 Å². The van der Waals surface area contributed by atoms with Crippen LogP contribution in [-0.4, -0.2) is 28.4 Å². The van der Waals surface area contributed by atoms with Gasteiger partial charge in [-0.3, -0.25) is 4.79 Å². The molecule has 0 aromatic rings. The number of nitrogens with one attached hydrogen (secondary N) is 1. The van der Waals surface area contributed by atoms with Crippen molar-refractivity contribution in [3.05, 3.63) is 12.2 Å². The Kier molecular flexibility index (Phi) is 3.11. The molecule has 3 aliphatic carbocycles. The molecule has 2 N–H and O–H groups in total. The summed E-state index contributed by atoms with van der Waals surface area (Å²) >= 11 is 0. The molecule has 0 atom stereocenters. The molecule has 0 aromatic carbocycles. The van der Waals surface area contributed by atoms with E-state index in [2.05, 4.69) is 5.32 Å². The largest absolute Gasteiger partial charge is 0.480 e. The van der Waals surface area contributed by atoms with Crippen molar-refractivity contribution in [2.45, 2.75) is 56.4 Å². The summed E-state index contributed by atoms with van der Waals surface area (Å²) in [6.07, 6.45) is 5.74. The van der Waals surface area contributed by atoms with Gasteiger partial charge < -0.3 is 10.4 Å². The second-order valence-corrected chi connectivity index (χ2v) is 7.01. The lowest BCUT2D eigenvalue weighted by atomic mass is 9.47. The maximum atomic E-state index is 13.0. The number of hydrogen-bond acceptors (Lipinski definition) is 2. The SMILES string of the molecule is O=C(CC1CC=CC1)NC1(C(=O)O)CC2(CC(F)(F)C2)C1. The molecule has 0 heterocycles. The van der Waals surface area contributed by atoms with Gasteiger partial charge in [0.1, 0.15) is 5.54 Å². The molecular weight excluding hydrogens is 280 g/mol. The van der Waals surface area contributed by atoms with Crippen LogP contribution in [0.25, 0.3) is 0 Å². The normalized spacial score (nSPS) is 27.9. The lowest BCUT2D eigenvalue weighted by Gasteiger charge is -2.61. The predicted octanol–water partition coefficient (Wildman–Crippen LogP) is 2.49. The maximum absolute atomic E-state index is 13.0. The summed E-state index contributed by atoms with van der Waals surface area (Å²) in [4.78, 5) is 23.5. The van der Waals surface area contributed by atoms with Gasteiger partial charge in [-0.1, -0.05) is 12.2 Å². The summed E-state index contributed by atoms with van der Waals surface area (Å²) in [5.74, 6) is -3.82. The summed E-state index contributed by atoms with van der Waals surface area (Å²) in [6.45, 7) is 0. The molecule has 116 valence electrons. The predicted molar refractivity (Wildman–Crippen MR) is 70.8 cm³/mol. The summed E-state index contributed by atoms with van der Waals surface area (Å²) in [7, 11) is 0. The Balaban J connectivity index is 1.57. The number of carbonyl (C=O) groups is 2. The molecule has 0 aromatic heterocycles. The molecular formula is C15H19F2NO3. The monoisotopic (exact) mass is 299 g/mol. The Morgan fingerprint density at radius 2 is 1.71 bits per heavy atom. The van der Waals surface area contributed by atoms with Crippen molar-refractivity contribution in [3.63, 3.8) is 0 Å². The van der Waals surface area contributed by atoms with Crippen LogP contribution in [0.1, 0.15) is 44.9 Å². The van der Waals surface area contributed by atoms with Gasteiger partial charge in [-0.25, -0.2) is 13.6 Å². The van der Waals surface area contributed by atoms with Gasteiger partial charge in [-0.15, -0.1) is 0 Å². The van der Waals surface area contributed by atoms with Crippen LogP contribution in [0, 0.1) is 11.3 Å². The molecule has 0 unspecified atom stereocenters. The van der Waals surface area contributed by atoms with Crippen molar-refractivity contribution >= 4 is 11.9 Å². The third-order valence-electron chi connectivity index (χ3n) is 4.99. The summed E-state index contributed by atoms with van der Waals surface area (Å²) in [5.41, 5.74) is -1.91. The molecule has 1 amide bonds. The molecule has 4 nitrogen and oxygen atoms in total. The van der Waals surface area contributed by atoms with Gasteiger partial charge in [0, 0.05) is 19.3 Å². The van der Waals surface area contributed by atoms with E-state index in [1.165, 1.54) is 0 Å². The van der Waals surface area contributed by atoms with Crippen molar-refractivity contribution < 1.29 is 23.5 Å². The third kappa shape index (κ3) is 2.56. The number of hydrogen-bond donors (Lipinski definition) is 2. The van der Waals surface area contributed by atoms with Crippen molar-refractivity contribution in [2.75, 3.05) is 0 Å². The van der Waals surface area contributed by atoms with Crippen LogP contribution < -0.4 is 5.32 Å². The van der Waals surface area contributed by atoms with E-state index >= 15 is 0 Å². The van der Waals surface area contributed by atoms with Gasteiger partial charge in [0.25, 0.3) is 0 Å². The Bertz CT molecular complexity index is 491. The topological polar surface area (TPSA) is 66.4 Å². The highest BCUT2D eigenvalue weighted by Gasteiger charge is 2.69. The van der Waals surface area contributed by atoms with Crippen molar-refractivity contribution in [2.24, 2.45) is 11.3 Å². The first-order valence-electron chi connectivity index (χ1n) is 7.32. The molecule has 0 radical (unpaired) electrons. The van der Waals surface area contributed by atoms with Crippen LogP contribution in [-0.2, 0) is 9.59 Å². The van der Waals surface area contributed by atoms with E-state index < -0.39 is 22.8 Å². The molecule has 1 spiro atoms. The standard InChI is InChI=1S/C15H19F2NO3/c16-15(17)8-13(9-15)6-14(7-13,12(20)21)18-11(19)5-10-3-1-2-4-10/h1-2,10H,3-9H2,(H,18,19)(H,20,21). The average Bonchev–Trinajstić information content (AvgIpc) is 2.75. The van der Waals surface area contributed by atoms with Crippen LogP contribution in [0.3, 0.4) is 0 Å². The smallest absolute Gasteiger partial charge is 0.329 e. The Hall–Kier alpha value is -1.46. The molecule has 6 heteroatoms. The summed E-state index contributed by atoms with van der Waals surface area (Å²) < 4.78 is 26.0. The van der Waals surface area contributed by atoms with Gasteiger partial charge in [0.2, 0.25) is 11.8 Å². The molecule has 21 heavy (non-hydrogen) atoms. The first kappa shape index (κ1) is 14.5. The first-order chi connectivity index (χ1) is 9.74.